The van der Waals surface area contributed by atoms with Gasteiger partial charge in [-0.25, -0.2) is 0 Å². The number of likely N-dealkylation sites (N-methyl/N-ethyl adjacent to an activating group) is 1. The lowest BCUT2D eigenvalue weighted by Crippen LogP contribution is -2.55. The second-order valence-electron chi connectivity index (χ2n) is 6.26. The molecule has 24 heavy (non-hydrogen) atoms. The van der Waals surface area contributed by atoms with Crippen molar-refractivity contribution in [2.24, 2.45) is 5.92 Å². The van der Waals surface area contributed by atoms with Crippen LogP contribution >= 0.6 is 23.2 Å². The van der Waals surface area contributed by atoms with Gasteiger partial charge in [0.15, 0.2) is 0 Å². The minimum Gasteiger partial charge on any atom is -0.363 e. The summed E-state index contributed by atoms with van der Waals surface area (Å²) >= 11 is 12.0. The van der Waals surface area contributed by atoms with Crippen molar-refractivity contribution in [1.29, 1.82) is 5.26 Å². The van der Waals surface area contributed by atoms with E-state index in [1.165, 1.54) is 0 Å². The van der Waals surface area contributed by atoms with E-state index in [0.29, 0.717) is 0 Å². The topological polar surface area (TPSA) is 56.1 Å². The molecule has 0 fully saturated rings. The van der Waals surface area contributed by atoms with E-state index in [1.54, 1.807) is 13.8 Å². The molecular formula is C18H25Cl2N3O. The number of benzene rings is 1. The van der Waals surface area contributed by atoms with Crippen LogP contribution in [-0.4, -0.2) is 24.5 Å². The molecule has 0 aromatic heterocycles. The largest absolute Gasteiger partial charge is 0.363 e. The van der Waals surface area contributed by atoms with Crippen LogP contribution in [-0.2, 0) is 4.79 Å². The number of halogens is 2. The Morgan fingerprint density at radius 1 is 1.38 bits per heavy atom. The first-order valence-electron chi connectivity index (χ1n) is 8.01. The highest BCUT2D eigenvalue weighted by atomic mass is 35.5. The molecule has 6 heteroatoms. The molecule has 0 aliphatic carbocycles. The van der Waals surface area contributed by atoms with Crippen molar-refractivity contribution in [3.8, 4) is 6.07 Å². The first-order valence-corrected chi connectivity index (χ1v) is 8.88. The highest BCUT2D eigenvalue weighted by Gasteiger charge is 2.34. The zero-order valence-corrected chi connectivity index (χ0v) is 16.3. The van der Waals surface area contributed by atoms with Gasteiger partial charge in [0, 0.05) is 18.3 Å². The van der Waals surface area contributed by atoms with Crippen LogP contribution in [0.1, 0.15) is 44.5 Å². The third kappa shape index (κ3) is 4.55. The van der Waals surface area contributed by atoms with Crippen molar-refractivity contribution in [3.63, 3.8) is 0 Å². The van der Waals surface area contributed by atoms with E-state index >= 15 is 0 Å². The van der Waals surface area contributed by atoms with E-state index < -0.39 is 16.4 Å². The average Bonchev–Trinajstić information content (AvgIpc) is 2.59. The highest BCUT2D eigenvalue weighted by Crippen LogP contribution is 2.33. The third-order valence-corrected chi connectivity index (χ3v) is 5.20. The van der Waals surface area contributed by atoms with Gasteiger partial charge in [0.05, 0.1) is 6.07 Å². The van der Waals surface area contributed by atoms with Gasteiger partial charge in [-0.05, 0) is 25.8 Å². The van der Waals surface area contributed by atoms with Gasteiger partial charge >= 0.3 is 0 Å². The molecule has 1 aromatic rings. The van der Waals surface area contributed by atoms with Gasteiger partial charge in [-0.3, -0.25) is 4.79 Å². The van der Waals surface area contributed by atoms with Crippen molar-refractivity contribution in [2.45, 2.75) is 50.5 Å². The quantitative estimate of drug-likeness (QED) is 0.723. The molecule has 0 bridgehead atoms. The van der Waals surface area contributed by atoms with E-state index in [1.807, 2.05) is 50.1 Å². The predicted molar refractivity (Wildman–Crippen MR) is 100 cm³/mol. The van der Waals surface area contributed by atoms with E-state index in [9.17, 15) is 10.1 Å². The SMILES string of the molecule is CCC(C)C(C)(C#N)NC(=O)C(C)N(C)c1ccccc1C(Cl)Cl. The normalized spacial score (nSPS) is 16.0. The fourth-order valence-corrected chi connectivity index (χ4v) is 2.78. The molecule has 0 heterocycles. The summed E-state index contributed by atoms with van der Waals surface area (Å²) in [5.74, 6) is -0.163. The van der Waals surface area contributed by atoms with Crippen molar-refractivity contribution in [2.75, 3.05) is 11.9 Å². The van der Waals surface area contributed by atoms with Gasteiger partial charge in [0.25, 0.3) is 0 Å². The van der Waals surface area contributed by atoms with E-state index in [-0.39, 0.29) is 11.8 Å². The number of nitrogens with one attached hydrogen (secondary N) is 1. The van der Waals surface area contributed by atoms with Crippen LogP contribution in [0.3, 0.4) is 0 Å². The third-order valence-electron chi connectivity index (χ3n) is 4.73. The van der Waals surface area contributed by atoms with Crippen molar-refractivity contribution in [1.82, 2.24) is 5.32 Å². The molecule has 3 atom stereocenters. The van der Waals surface area contributed by atoms with Gasteiger partial charge in [-0.15, -0.1) is 0 Å². The summed E-state index contributed by atoms with van der Waals surface area (Å²) in [7, 11) is 1.81. The number of hydrogen-bond donors (Lipinski definition) is 1. The molecule has 0 aliphatic heterocycles. The lowest BCUT2D eigenvalue weighted by molar-refractivity contribution is -0.123. The Labute approximate surface area is 154 Å². The Bertz CT molecular complexity index is 615. The predicted octanol–water partition coefficient (Wildman–Crippen LogP) is 4.43. The average molecular weight is 370 g/mol. The molecule has 0 saturated heterocycles. The van der Waals surface area contributed by atoms with Crippen molar-refractivity contribution in [3.05, 3.63) is 29.8 Å². The monoisotopic (exact) mass is 369 g/mol. The summed E-state index contributed by atoms with van der Waals surface area (Å²) in [5.41, 5.74) is 0.632. The Kier molecular flexibility index (Phi) is 7.38. The smallest absolute Gasteiger partial charge is 0.243 e. The van der Waals surface area contributed by atoms with E-state index in [2.05, 4.69) is 11.4 Å². The van der Waals surface area contributed by atoms with Gasteiger partial charge in [0.2, 0.25) is 5.91 Å². The van der Waals surface area contributed by atoms with Crippen LogP contribution < -0.4 is 10.2 Å². The van der Waals surface area contributed by atoms with Crippen LogP contribution in [0.15, 0.2) is 24.3 Å². The van der Waals surface area contributed by atoms with Crippen LogP contribution in [0, 0.1) is 17.2 Å². The summed E-state index contributed by atoms with van der Waals surface area (Å²) < 4.78 is 0. The van der Waals surface area contributed by atoms with E-state index in [4.69, 9.17) is 23.2 Å². The maximum Gasteiger partial charge on any atom is 0.243 e. The number of amides is 1. The van der Waals surface area contributed by atoms with Gasteiger partial charge in [0.1, 0.15) is 16.4 Å². The van der Waals surface area contributed by atoms with Crippen LogP contribution in [0.4, 0.5) is 5.69 Å². The number of anilines is 1. The van der Waals surface area contributed by atoms with Gasteiger partial charge in [-0.2, -0.15) is 5.26 Å². The molecule has 0 spiro atoms. The van der Waals surface area contributed by atoms with E-state index in [0.717, 1.165) is 17.7 Å². The Morgan fingerprint density at radius 2 is 1.96 bits per heavy atom. The van der Waals surface area contributed by atoms with Gasteiger partial charge in [-0.1, -0.05) is 61.7 Å². The minimum atomic E-state index is -0.901. The number of hydrogen-bond acceptors (Lipinski definition) is 3. The summed E-state index contributed by atoms with van der Waals surface area (Å²) in [5, 5.41) is 12.4. The standard InChI is InChI=1S/C18H25Cl2N3O/c1-6-12(2)18(4,11-21)22-17(24)13(3)23(5)15-10-8-7-9-14(15)16(19)20/h7-10,12-13,16H,6H2,1-5H3,(H,22,24). The molecule has 0 aliphatic rings. The molecule has 1 amide bonds. The molecule has 0 saturated carbocycles. The molecular weight excluding hydrogens is 345 g/mol. The summed E-state index contributed by atoms with van der Waals surface area (Å²) in [6.45, 7) is 7.50. The number of carbonyl (C=O) groups is 1. The molecule has 1 rings (SSSR count). The summed E-state index contributed by atoms with van der Waals surface area (Å²) in [6.07, 6.45) is 0.803. The zero-order chi connectivity index (χ0) is 18.5. The van der Waals surface area contributed by atoms with Crippen LogP contribution in [0.2, 0.25) is 0 Å². The Balaban J connectivity index is 3.00. The maximum atomic E-state index is 12.7. The molecule has 1 N–H and O–H groups in total. The van der Waals surface area contributed by atoms with Crippen LogP contribution in [0.5, 0.6) is 0 Å². The zero-order valence-electron chi connectivity index (χ0n) is 14.8. The number of para-hydroxylation sites is 1. The first kappa shape index (κ1) is 20.6. The Hall–Kier alpha value is -1.44. The van der Waals surface area contributed by atoms with Gasteiger partial charge < -0.3 is 10.2 Å². The maximum absolute atomic E-state index is 12.7. The van der Waals surface area contributed by atoms with Crippen LogP contribution in [0.25, 0.3) is 0 Å². The fourth-order valence-electron chi connectivity index (χ4n) is 2.41. The first-order chi connectivity index (χ1) is 11.2. The molecule has 132 valence electrons. The number of nitriles is 1. The number of carbonyl (C=O) groups excluding carboxylic acids is 1. The molecule has 0 radical (unpaired) electrons. The lowest BCUT2D eigenvalue weighted by atomic mass is 9.86. The Morgan fingerprint density at radius 3 is 2.46 bits per heavy atom. The number of alkyl halides is 2. The number of rotatable bonds is 7. The fraction of sp³-hybridized carbons (Fsp3) is 0.556. The van der Waals surface area contributed by atoms with Crippen molar-refractivity contribution < 1.29 is 4.79 Å². The second kappa shape index (κ2) is 8.60. The second-order valence-corrected chi connectivity index (χ2v) is 7.36. The molecule has 4 nitrogen and oxygen atoms in total. The molecule has 1 aromatic carbocycles. The summed E-state index contributed by atoms with van der Waals surface area (Å²) in [4.78, 5) is 13.8. The lowest BCUT2D eigenvalue weighted by Gasteiger charge is -2.34. The highest BCUT2D eigenvalue weighted by molar-refractivity contribution is 6.44. The van der Waals surface area contributed by atoms with Crippen molar-refractivity contribution >= 4 is 34.8 Å². The summed E-state index contributed by atoms with van der Waals surface area (Å²) in [6, 6.07) is 9.18. The molecule has 3 unspecified atom stereocenters. The minimum absolute atomic E-state index is 0.0475. The number of nitrogens with zero attached hydrogens (tertiary/aromatic N) is 2.